The fourth-order valence-electron chi connectivity index (χ4n) is 1.00. The van der Waals surface area contributed by atoms with Crippen LogP contribution in [-0.4, -0.2) is 16.8 Å². The molecule has 1 aromatic rings. The van der Waals surface area contributed by atoms with Crippen molar-refractivity contribution in [3.63, 3.8) is 0 Å². The number of aliphatic hydroxyl groups excluding tert-OH is 1. The van der Waals surface area contributed by atoms with Gasteiger partial charge in [-0.2, -0.15) is 0 Å². The molecule has 0 bridgehead atoms. The van der Waals surface area contributed by atoms with Crippen LogP contribution in [0.15, 0.2) is 43.0 Å². The van der Waals surface area contributed by atoms with Crippen molar-refractivity contribution in [1.29, 1.82) is 0 Å². The molecule has 0 saturated heterocycles. The Hall–Kier alpha value is -1.12. The minimum Gasteiger partial charge on any atom is -0.393 e. The number of hydrogen-bond acceptors (Lipinski definition) is 2. The van der Waals surface area contributed by atoms with Gasteiger partial charge in [-0.05, 0) is 5.56 Å². The van der Waals surface area contributed by atoms with Gasteiger partial charge in [0.25, 0.3) is 0 Å². The second-order valence-electron chi connectivity index (χ2n) is 2.65. The Bertz CT molecular complexity index is 256. The van der Waals surface area contributed by atoms with Crippen molar-refractivity contribution in [2.45, 2.75) is 5.60 Å². The Morgan fingerprint density at radius 1 is 1.33 bits per heavy atom. The van der Waals surface area contributed by atoms with Gasteiger partial charge in [0.15, 0.2) is 0 Å². The van der Waals surface area contributed by atoms with Crippen LogP contribution in [0.2, 0.25) is 0 Å². The predicted octanol–water partition coefficient (Wildman–Crippen LogP) is 1.05. The summed E-state index contributed by atoms with van der Waals surface area (Å²) in [5.41, 5.74) is -0.649. The molecule has 1 rings (SSSR count). The van der Waals surface area contributed by atoms with Crippen LogP contribution in [0.1, 0.15) is 5.56 Å². The summed E-state index contributed by atoms with van der Waals surface area (Å²) in [6.45, 7) is 3.12. The van der Waals surface area contributed by atoms with Gasteiger partial charge in [0, 0.05) is 0 Å². The molecule has 0 aliphatic rings. The van der Waals surface area contributed by atoms with Gasteiger partial charge >= 0.3 is 0 Å². The van der Waals surface area contributed by atoms with Gasteiger partial charge in [0.2, 0.25) is 0 Å². The molecule has 2 nitrogen and oxygen atoms in total. The lowest BCUT2D eigenvalue weighted by Gasteiger charge is -2.21. The van der Waals surface area contributed by atoms with Crippen molar-refractivity contribution >= 4 is 0 Å². The first-order valence-corrected chi connectivity index (χ1v) is 3.75. The highest BCUT2D eigenvalue weighted by molar-refractivity contribution is 5.26. The van der Waals surface area contributed by atoms with Crippen LogP contribution in [0.3, 0.4) is 0 Å². The first kappa shape index (κ1) is 8.97. The molecule has 0 aliphatic carbocycles. The Balaban J connectivity index is 3.03. The van der Waals surface area contributed by atoms with E-state index in [0.29, 0.717) is 5.56 Å². The lowest BCUT2D eigenvalue weighted by atomic mass is 9.95. The third-order valence-corrected chi connectivity index (χ3v) is 1.85. The fourth-order valence-corrected chi connectivity index (χ4v) is 1.00. The van der Waals surface area contributed by atoms with Crippen LogP contribution >= 0.6 is 0 Å². The van der Waals surface area contributed by atoms with E-state index in [9.17, 15) is 5.11 Å². The summed E-state index contributed by atoms with van der Waals surface area (Å²) in [7, 11) is 0. The topological polar surface area (TPSA) is 40.5 Å². The molecule has 0 saturated carbocycles. The Labute approximate surface area is 71.8 Å². The maximum atomic E-state index is 9.73. The largest absolute Gasteiger partial charge is 0.393 e. The van der Waals surface area contributed by atoms with E-state index >= 15 is 0 Å². The SMILES string of the molecule is C=CC(O)(CO)c1ccccc1. The molecule has 64 valence electrons. The van der Waals surface area contributed by atoms with E-state index in [1.807, 2.05) is 6.07 Å². The Morgan fingerprint density at radius 3 is 2.33 bits per heavy atom. The highest BCUT2D eigenvalue weighted by Gasteiger charge is 2.23. The average molecular weight is 164 g/mol. The quantitative estimate of drug-likeness (QED) is 0.655. The van der Waals surface area contributed by atoms with Gasteiger partial charge in [-0.15, -0.1) is 0 Å². The summed E-state index contributed by atoms with van der Waals surface area (Å²) in [5, 5.41) is 18.6. The van der Waals surface area contributed by atoms with Crippen LogP contribution in [0.5, 0.6) is 0 Å². The maximum absolute atomic E-state index is 9.73. The zero-order valence-electron chi connectivity index (χ0n) is 6.77. The van der Waals surface area contributed by atoms with Crippen molar-refractivity contribution in [2.75, 3.05) is 6.61 Å². The second kappa shape index (κ2) is 3.52. The Kier molecular flexibility index (Phi) is 2.63. The lowest BCUT2D eigenvalue weighted by molar-refractivity contribution is 0.0245. The number of aliphatic hydroxyl groups is 2. The number of hydrogen-bond donors (Lipinski definition) is 2. The lowest BCUT2D eigenvalue weighted by Crippen LogP contribution is -2.26. The summed E-state index contributed by atoms with van der Waals surface area (Å²) >= 11 is 0. The highest BCUT2D eigenvalue weighted by atomic mass is 16.3. The molecule has 12 heavy (non-hydrogen) atoms. The average Bonchev–Trinajstić information content (AvgIpc) is 2.18. The van der Waals surface area contributed by atoms with E-state index < -0.39 is 5.60 Å². The first-order chi connectivity index (χ1) is 5.73. The van der Waals surface area contributed by atoms with E-state index in [2.05, 4.69) is 6.58 Å². The first-order valence-electron chi connectivity index (χ1n) is 3.75. The van der Waals surface area contributed by atoms with E-state index in [4.69, 9.17) is 5.11 Å². The molecule has 0 amide bonds. The molecule has 0 aliphatic heterocycles. The molecule has 0 radical (unpaired) electrons. The molecule has 0 aromatic heterocycles. The van der Waals surface area contributed by atoms with Gasteiger partial charge in [-0.3, -0.25) is 0 Å². The highest BCUT2D eigenvalue weighted by Crippen LogP contribution is 2.20. The molecule has 0 spiro atoms. The second-order valence-corrected chi connectivity index (χ2v) is 2.65. The molecule has 1 unspecified atom stereocenters. The fraction of sp³-hybridized carbons (Fsp3) is 0.200. The summed E-state index contributed by atoms with van der Waals surface area (Å²) in [4.78, 5) is 0. The maximum Gasteiger partial charge on any atom is 0.130 e. The van der Waals surface area contributed by atoms with E-state index in [-0.39, 0.29) is 6.61 Å². The van der Waals surface area contributed by atoms with Crippen LogP contribution in [-0.2, 0) is 5.60 Å². The van der Waals surface area contributed by atoms with Crippen molar-refractivity contribution in [1.82, 2.24) is 0 Å². The van der Waals surface area contributed by atoms with Crippen LogP contribution in [0.4, 0.5) is 0 Å². The summed E-state index contributed by atoms with van der Waals surface area (Å²) < 4.78 is 0. The normalized spacial score (nSPS) is 15.2. The van der Waals surface area contributed by atoms with Gasteiger partial charge in [0.1, 0.15) is 5.60 Å². The minimum atomic E-state index is -1.30. The predicted molar refractivity (Wildman–Crippen MR) is 47.6 cm³/mol. The van der Waals surface area contributed by atoms with E-state index in [1.165, 1.54) is 6.08 Å². The molecular formula is C10H12O2. The van der Waals surface area contributed by atoms with Crippen molar-refractivity contribution in [3.8, 4) is 0 Å². The van der Waals surface area contributed by atoms with Crippen molar-refractivity contribution in [2.24, 2.45) is 0 Å². The molecule has 1 aromatic carbocycles. The Morgan fingerprint density at radius 2 is 1.92 bits per heavy atom. The van der Waals surface area contributed by atoms with Crippen molar-refractivity contribution < 1.29 is 10.2 Å². The number of rotatable bonds is 3. The van der Waals surface area contributed by atoms with E-state index in [0.717, 1.165) is 0 Å². The zero-order chi connectivity index (χ0) is 9.03. The van der Waals surface area contributed by atoms with Crippen LogP contribution in [0.25, 0.3) is 0 Å². The summed E-state index contributed by atoms with van der Waals surface area (Å²) in [5.74, 6) is 0. The van der Waals surface area contributed by atoms with Gasteiger partial charge in [0.05, 0.1) is 6.61 Å². The van der Waals surface area contributed by atoms with Gasteiger partial charge in [-0.1, -0.05) is 43.0 Å². The smallest absolute Gasteiger partial charge is 0.130 e. The number of benzene rings is 1. The van der Waals surface area contributed by atoms with Crippen molar-refractivity contribution in [3.05, 3.63) is 48.6 Å². The molecule has 2 N–H and O–H groups in total. The molecule has 0 fully saturated rings. The van der Waals surface area contributed by atoms with Gasteiger partial charge < -0.3 is 10.2 Å². The van der Waals surface area contributed by atoms with Gasteiger partial charge in [-0.25, -0.2) is 0 Å². The molecule has 1 atom stereocenters. The zero-order valence-corrected chi connectivity index (χ0v) is 6.77. The molecular weight excluding hydrogens is 152 g/mol. The monoisotopic (exact) mass is 164 g/mol. The van der Waals surface area contributed by atoms with E-state index in [1.54, 1.807) is 24.3 Å². The third kappa shape index (κ3) is 1.55. The molecule has 2 heteroatoms. The van der Waals surface area contributed by atoms with Crippen LogP contribution in [0, 0.1) is 0 Å². The standard InChI is InChI=1S/C10H12O2/c1-2-10(12,8-11)9-6-4-3-5-7-9/h2-7,11-12H,1,8H2. The minimum absolute atomic E-state index is 0.347. The third-order valence-electron chi connectivity index (χ3n) is 1.85. The summed E-state index contributed by atoms with van der Waals surface area (Å²) in [6, 6.07) is 8.96. The summed E-state index contributed by atoms with van der Waals surface area (Å²) in [6.07, 6.45) is 1.34. The van der Waals surface area contributed by atoms with Crippen LogP contribution < -0.4 is 0 Å². The molecule has 0 heterocycles.